The molecule has 0 aliphatic heterocycles. The van der Waals surface area contributed by atoms with Gasteiger partial charge in [-0.1, -0.05) is 83.9 Å². The van der Waals surface area contributed by atoms with Crippen LogP contribution in [0.25, 0.3) is 75.1 Å². The van der Waals surface area contributed by atoms with Crippen LogP contribution in [0.3, 0.4) is 0 Å². The zero-order valence-corrected chi connectivity index (χ0v) is 22.5. The molecule has 0 spiro atoms. The Hall–Kier alpha value is -4.60. The van der Waals surface area contributed by atoms with Gasteiger partial charge in [-0.05, 0) is 66.1 Å². The number of hydrogen-bond donors (Lipinski definition) is 0. The SMILES string of the molecule is Cc1ccc2c3ccc(C)cc3c3nc(-c4ccccc4-c4ccc5sc6ccccc6c5c4)cnc3c2c1. The first-order valence-electron chi connectivity index (χ1n) is 13.2. The monoisotopic (exact) mass is 516 g/mol. The van der Waals surface area contributed by atoms with E-state index < -0.39 is 0 Å². The van der Waals surface area contributed by atoms with Gasteiger partial charge in [-0.2, -0.15) is 0 Å². The fourth-order valence-electron chi connectivity index (χ4n) is 5.93. The number of thiophene rings is 1. The summed E-state index contributed by atoms with van der Waals surface area (Å²) in [6, 6.07) is 37.3. The molecule has 0 amide bonds. The Morgan fingerprint density at radius 3 is 1.97 bits per heavy atom. The van der Waals surface area contributed by atoms with Gasteiger partial charge in [0.15, 0.2) is 0 Å². The second kappa shape index (κ2) is 8.45. The largest absolute Gasteiger partial charge is 0.252 e. The smallest absolute Gasteiger partial charge is 0.0979 e. The minimum absolute atomic E-state index is 0.892. The van der Waals surface area contributed by atoms with Crippen LogP contribution in [-0.2, 0) is 0 Å². The van der Waals surface area contributed by atoms with Gasteiger partial charge in [-0.15, -0.1) is 11.3 Å². The molecule has 0 N–H and O–H groups in total. The predicted octanol–water partition coefficient (Wildman–Crippen LogP) is 10.3. The van der Waals surface area contributed by atoms with Crippen molar-refractivity contribution in [2.45, 2.75) is 13.8 Å². The first kappa shape index (κ1) is 22.4. The van der Waals surface area contributed by atoms with Gasteiger partial charge in [-0.3, -0.25) is 4.98 Å². The fourth-order valence-corrected chi connectivity index (χ4v) is 7.02. The highest BCUT2D eigenvalue weighted by Crippen LogP contribution is 2.40. The summed E-state index contributed by atoms with van der Waals surface area (Å²) in [5, 5.41) is 7.37. The van der Waals surface area contributed by atoms with Gasteiger partial charge in [-0.25, -0.2) is 4.98 Å². The Morgan fingerprint density at radius 1 is 0.513 bits per heavy atom. The zero-order valence-electron chi connectivity index (χ0n) is 21.7. The van der Waals surface area contributed by atoms with Crippen molar-refractivity contribution in [2.75, 3.05) is 0 Å². The second-order valence-electron chi connectivity index (χ2n) is 10.4. The Bertz CT molecular complexity index is 2260. The maximum absolute atomic E-state index is 5.32. The third-order valence-corrected chi connectivity index (χ3v) is 8.97. The summed E-state index contributed by atoms with van der Waals surface area (Å²) in [6.45, 7) is 4.28. The molecule has 3 heteroatoms. The van der Waals surface area contributed by atoms with Gasteiger partial charge in [0.2, 0.25) is 0 Å². The third kappa shape index (κ3) is 3.47. The number of nitrogens with zero attached hydrogens (tertiary/aromatic N) is 2. The van der Waals surface area contributed by atoms with E-state index in [4.69, 9.17) is 9.97 Å². The molecule has 8 rings (SSSR count). The summed E-state index contributed by atoms with van der Waals surface area (Å²) < 4.78 is 2.63. The topological polar surface area (TPSA) is 25.8 Å². The minimum Gasteiger partial charge on any atom is -0.252 e. The lowest BCUT2D eigenvalue weighted by Gasteiger charge is -2.13. The fraction of sp³-hybridized carbons (Fsp3) is 0.0556. The van der Waals surface area contributed by atoms with E-state index in [-0.39, 0.29) is 0 Å². The molecule has 2 nitrogen and oxygen atoms in total. The number of benzene rings is 6. The van der Waals surface area contributed by atoms with Crippen LogP contribution in [0.1, 0.15) is 11.1 Å². The van der Waals surface area contributed by atoms with Crippen LogP contribution in [0.15, 0.2) is 109 Å². The molecule has 2 aromatic heterocycles. The lowest BCUT2D eigenvalue weighted by atomic mass is 9.95. The molecule has 0 bridgehead atoms. The highest BCUT2D eigenvalue weighted by atomic mass is 32.1. The molecular formula is C36H24N2S. The average Bonchev–Trinajstić information content (AvgIpc) is 3.35. The minimum atomic E-state index is 0.892. The Labute approximate surface area is 230 Å². The van der Waals surface area contributed by atoms with Crippen molar-refractivity contribution in [3.63, 3.8) is 0 Å². The standard InChI is InChI=1S/C36H24N2S/c1-21-11-14-25-26-15-12-22(2)18-31(26)36-35(30(25)17-21)37-20-32(38-36)27-8-4-3-7-24(27)23-13-16-34-29(19-23)28-9-5-6-10-33(28)39-34/h3-20H,1-2H3. The first-order valence-corrected chi connectivity index (χ1v) is 14.1. The molecule has 0 saturated carbocycles. The van der Waals surface area contributed by atoms with E-state index >= 15 is 0 Å². The van der Waals surface area contributed by atoms with Crippen molar-refractivity contribution in [3.05, 3.63) is 120 Å². The van der Waals surface area contributed by atoms with Crippen LogP contribution < -0.4 is 0 Å². The van der Waals surface area contributed by atoms with Crippen molar-refractivity contribution in [1.82, 2.24) is 9.97 Å². The van der Waals surface area contributed by atoms with Crippen LogP contribution in [0.5, 0.6) is 0 Å². The molecular weight excluding hydrogens is 492 g/mol. The van der Waals surface area contributed by atoms with E-state index in [0.717, 1.165) is 33.1 Å². The number of aryl methyl sites for hydroxylation is 2. The molecule has 6 aromatic carbocycles. The molecule has 0 fully saturated rings. The van der Waals surface area contributed by atoms with Gasteiger partial charge in [0.1, 0.15) is 0 Å². The normalized spacial score (nSPS) is 11.8. The lowest BCUT2D eigenvalue weighted by Crippen LogP contribution is -1.94. The van der Waals surface area contributed by atoms with E-state index in [1.165, 1.54) is 53.2 Å². The third-order valence-electron chi connectivity index (χ3n) is 7.81. The Balaban J connectivity index is 1.39. The molecule has 0 unspecified atom stereocenters. The molecule has 8 aromatic rings. The van der Waals surface area contributed by atoms with Crippen LogP contribution in [0.2, 0.25) is 0 Å². The van der Waals surface area contributed by atoms with E-state index in [0.29, 0.717) is 0 Å². The molecule has 39 heavy (non-hydrogen) atoms. The summed E-state index contributed by atoms with van der Waals surface area (Å²) >= 11 is 1.85. The first-order chi connectivity index (χ1) is 19.1. The van der Waals surface area contributed by atoms with Crippen LogP contribution in [0, 0.1) is 13.8 Å². The highest BCUT2D eigenvalue weighted by Gasteiger charge is 2.15. The maximum atomic E-state index is 5.32. The molecule has 184 valence electrons. The van der Waals surface area contributed by atoms with Gasteiger partial charge in [0.05, 0.1) is 22.9 Å². The molecule has 2 heterocycles. The quantitative estimate of drug-likeness (QED) is 0.214. The summed E-state index contributed by atoms with van der Waals surface area (Å²) in [4.78, 5) is 10.4. The molecule has 0 aliphatic rings. The Kier molecular flexibility index (Phi) is 4.85. The summed E-state index contributed by atoms with van der Waals surface area (Å²) in [5.41, 5.74) is 8.71. The van der Waals surface area contributed by atoms with Gasteiger partial charge in [0, 0.05) is 36.5 Å². The average molecular weight is 517 g/mol. The van der Waals surface area contributed by atoms with Crippen molar-refractivity contribution in [2.24, 2.45) is 0 Å². The molecule has 0 saturated heterocycles. The van der Waals surface area contributed by atoms with Crippen molar-refractivity contribution in [1.29, 1.82) is 0 Å². The predicted molar refractivity (Wildman–Crippen MR) is 168 cm³/mol. The number of fused-ring (bicyclic) bond motifs is 9. The molecule has 0 atom stereocenters. The van der Waals surface area contributed by atoms with Crippen LogP contribution in [0.4, 0.5) is 0 Å². The van der Waals surface area contributed by atoms with Crippen LogP contribution in [-0.4, -0.2) is 9.97 Å². The molecule has 0 radical (unpaired) electrons. The zero-order chi connectivity index (χ0) is 26.1. The second-order valence-corrected chi connectivity index (χ2v) is 11.5. The number of aromatic nitrogens is 2. The van der Waals surface area contributed by atoms with Gasteiger partial charge < -0.3 is 0 Å². The number of hydrogen-bond acceptors (Lipinski definition) is 3. The van der Waals surface area contributed by atoms with Gasteiger partial charge >= 0.3 is 0 Å². The van der Waals surface area contributed by atoms with E-state index in [9.17, 15) is 0 Å². The van der Waals surface area contributed by atoms with Crippen LogP contribution >= 0.6 is 11.3 Å². The maximum Gasteiger partial charge on any atom is 0.0979 e. The van der Waals surface area contributed by atoms with E-state index in [1.54, 1.807) is 0 Å². The molecule has 0 aliphatic carbocycles. The lowest BCUT2D eigenvalue weighted by molar-refractivity contribution is 1.31. The summed E-state index contributed by atoms with van der Waals surface area (Å²) in [6.07, 6.45) is 1.95. The highest BCUT2D eigenvalue weighted by molar-refractivity contribution is 7.25. The Morgan fingerprint density at radius 2 is 1.18 bits per heavy atom. The van der Waals surface area contributed by atoms with Crippen molar-refractivity contribution in [3.8, 4) is 22.4 Å². The summed E-state index contributed by atoms with van der Waals surface area (Å²) in [5.74, 6) is 0. The van der Waals surface area contributed by atoms with Crippen molar-refractivity contribution < 1.29 is 0 Å². The van der Waals surface area contributed by atoms with E-state index in [2.05, 4.69) is 117 Å². The van der Waals surface area contributed by atoms with E-state index in [1.807, 2.05) is 17.5 Å². The summed E-state index contributed by atoms with van der Waals surface area (Å²) in [7, 11) is 0. The number of rotatable bonds is 2. The van der Waals surface area contributed by atoms with Gasteiger partial charge in [0.25, 0.3) is 0 Å². The van der Waals surface area contributed by atoms with Crippen molar-refractivity contribution >= 4 is 64.1 Å².